The number of nitrogens with zero attached hydrogens (tertiary/aromatic N) is 3. The fourth-order valence-electron chi connectivity index (χ4n) is 1.69. The predicted molar refractivity (Wildman–Crippen MR) is 76.5 cm³/mol. The van der Waals surface area contributed by atoms with E-state index in [1.165, 1.54) is 0 Å². The molecule has 2 N–H and O–H groups in total. The lowest BCUT2D eigenvalue weighted by Crippen LogP contribution is -2.08. The molecule has 0 fully saturated rings. The number of H-pyrrole nitrogens is 1. The molecule has 0 saturated heterocycles. The normalized spacial score (nSPS) is 10.9. The average molecular weight is 280 g/mol. The molecule has 102 valence electrons. The van der Waals surface area contributed by atoms with Gasteiger partial charge in [0.2, 0.25) is 0 Å². The predicted octanol–water partition coefficient (Wildman–Crippen LogP) is 3.02. The van der Waals surface area contributed by atoms with Crippen molar-refractivity contribution in [3.8, 4) is 0 Å². The largest absolute Gasteiger partial charge is 0.370 e. The zero-order valence-electron chi connectivity index (χ0n) is 11.2. The first kappa shape index (κ1) is 13.8. The summed E-state index contributed by atoms with van der Waals surface area (Å²) in [5, 5.41) is 3.74. The molecule has 0 aliphatic heterocycles. The van der Waals surface area contributed by atoms with Crippen molar-refractivity contribution in [3.05, 3.63) is 35.3 Å². The smallest absolute Gasteiger partial charge is 0.135 e. The zero-order chi connectivity index (χ0) is 13.7. The van der Waals surface area contributed by atoms with Crippen molar-refractivity contribution in [2.75, 3.05) is 11.9 Å². The van der Waals surface area contributed by atoms with E-state index >= 15 is 0 Å². The number of hydrogen-bond donors (Lipinski definition) is 2. The highest BCUT2D eigenvalue weighted by molar-refractivity contribution is 6.29. The Hall–Kier alpha value is -1.62. The van der Waals surface area contributed by atoms with Gasteiger partial charge in [0.1, 0.15) is 22.6 Å². The standard InChI is InChI=1S/C13H18ClN5/c1-9(2)13-18-10(14)8-12(19-13)15-5-3-4-11-16-6-7-17-11/h6-9H,3-5H2,1-2H3,(H,16,17)(H,15,18,19). The van der Waals surface area contributed by atoms with E-state index in [0.717, 1.165) is 36.9 Å². The summed E-state index contributed by atoms with van der Waals surface area (Å²) in [7, 11) is 0. The fourth-order valence-corrected chi connectivity index (χ4v) is 1.88. The van der Waals surface area contributed by atoms with Gasteiger partial charge in [0, 0.05) is 37.3 Å². The molecule has 2 aromatic rings. The molecular weight excluding hydrogens is 262 g/mol. The van der Waals surface area contributed by atoms with Gasteiger partial charge >= 0.3 is 0 Å². The van der Waals surface area contributed by atoms with Crippen LogP contribution in [0.1, 0.15) is 37.8 Å². The summed E-state index contributed by atoms with van der Waals surface area (Å²) in [6.45, 7) is 4.92. The highest BCUT2D eigenvalue weighted by atomic mass is 35.5. The summed E-state index contributed by atoms with van der Waals surface area (Å²) in [5.41, 5.74) is 0. The molecule has 2 heterocycles. The van der Waals surface area contributed by atoms with Gasteiger partial charge < -0.3 is 10.3 Å². The first-order chi connectivity index (χ1) is 9.15. The van der Waals surface area contributed by atoms with Crippen LogP contribution < -0.4 is 5.32 Å². The molecule has 0 atom stereocenters. The van der Waals surface area contributed by atoms with Crippen molar-refractivity contribution in [2.45, 2.75) is 32.6 Å². The first-order valence-electron chi connectivity index (χ1n) is 6.42. The Morgan fingerprint density at radius 2 is 2.21 bits per heavy atom. The Bertz CT molecular complexity index is 510. The molecule has 0 spiro atoms. The highest BCUT2D eigenvalue weighted by Crippen LogP contribution is 2.16. The van der Waals surface area contributed by atoms with Crippen LogP contribution in [0.15, 0.2) is 18.5 Å². The molecule has 0 saturated carbocycles. The SMILES string of the molecule is CC(C)c1nc(Cl)cc(NCCCc2ncc[nH]2)n1. The molecule has 0 bridgehead atoms. The number of aromatic amines is 1. The van der Waals surface area contributed by atoms with Gasteiger partial charge in [0.05, 0.1) is 0 Å². The third kappa shape index (κ3) is 4.21. The van der Waals surface area contributed by atoms with Gasteiger partial charge in [-0.05, 0) is 6.42 Å². The maximum atomic E-state index is 5.98. The molecule has 0 aliphatic rings. The molecule has 0 aromatic carbocycles. The van der Waals surface area contributed by atoms with Crippen LogP contribution in [0.5, 0.6) is 0 Å². The van der Waals surface area contributed by atoms with Crippen molar-refractivity contribution in [3.63, 3.8) is 0 Å². The lowest BCUT2D eigenvalue weighted by molar-refractivity contribution is 0.769. The van der Waals surface area contributed by atoms with Crippen LogP contribution in [0.4, 0.5) is 5.82 Å². The molecule has 0 aliphatic carbocycles. The molecule has 6 heteroatoms. The zero-order valence-corrected chi connectivity index (χ0v) is 11.9. The molecule has 19 heavy (non-hydrogen) atoms. The lowest BCUT2D eigenvalue weighted by atomic mass is 10.2. The van der Waals surface area contributed by atoms with E-state index in [1.54, 1.807) is 12.3 Å². The van der Waals surface area contributed by atoms with Gasteiger partial charge in [-0.1, -0.05) is 25.4 Å². The maximum absolute atomic E-state index is 5.98. The van der Waals surface area contributed by atoms with Crippen LogP contribution >= 0.6 is 11.6 Å². The van der Waals surface area contributed by atoms with Crippen molar-refractivity contribution in [2.24, 2.45) is 0 Å². The second-order valence-electron chi connectivity index (χ2n) is 4.66. The summed E-state index contributed by atoms with van der Waals surface area (Å²) < 4.78 is 0. The van der Waals surface area contributed by atoms with Crippen molar-refractivity contribution >= 4 is 17.4 Å². The third-order valence-electron chi connectivity index (χ3n) is 2.68. The molecule has 2 aromatic heterocycles. The summed E-state index contributed by atoms with van der Waals surface area (Å²) in [5.74, 6) is 2.82. The number of nitrogens with one attached hydrogen (secondary N) is 2. The first-order valence-corrected chi connectivity index (χ1v) is 6.79. The van der Waals surface area contributed by atoms with E-state index in [2.05, 4.69) is 25.3 Å². The summed E-state index contributed by atoms with van der Waals surface area (Å²) in [4.78, 5) is 15.9. The van der Waals surface area contributed by atoms with Gasteiger partial charge in [-0.2, -0.15) is 0 Å². The molecule has 2 rings (SSSR count). The molecule has 0 radical (unpaired) electrons. The maximum Gasteiger partial charge on any atom is 0.135 e. The third-order valence-corrected chi connectivity index (χ3v) is 2.87. The second kappa shape index (κ2) is 6.52. The Morgan fingerprint density at radius 3 is 2.89 bits per heavy atom. The molecule has 0 amide bonds. The van der Waals surface area contributed by atoms with Crippen LogP contribution in [0.2, 0.25) is 5.15 Å². The Balaban J connectivity index is 1.85. The van der Waals surface area contributed by atoms with Crippen molar-refractivity contribution in [1.29, 1.82) is 0 Å². The lowest BCUT2D eigenvalue weighted by Gasteiger charge is -2.09. The molecule has 0 unspecified atom stereocenters. The van der Waals surface area contributed by atoms with Gasteiger partial charge in [-0.3, -0.25) is 0 Å². The number of aryl methyl sites for hydroxylation is 1. The highest BCUT2D eigenvalue weighted by Gasteiger charge is 2.06. The van der Waals surface area contributed by atoms with Crippen molar-refractivity contribution < 1.29 is 0 Å². The van der Waals surface area contributed by atoms with E-state index in [1.807, 2.05) is 20.0 Å². The minimum atomic E-state index is 0.266. The van der Waals surface area contributed by atoms with E-state index in [0.29, 0.717) is 5.15 Å². The van der Waals surface area contributed by atoms with E-state index in [-0.39, 0.29) is 5.92 Å². The van der Waals surface area contributed by atoms with Gasteiger partial charge in [0.25, 0.3) is 0 Å². The topological polar surface area (TPSA) is 66.5 Å². The van der Waals surface area contributed by atoms with E-state index < -0.39 is 0 Å². The number of hydrogen-bond acceptors (Lipinski definition) is 4. The number of halogens is 1. The monoisotopic (exact) mass is 279 g/mol. The van der Waals surface area contributed by atoms with Gasteiger partial charge in [0.15, 0.2) is 0 Å². The minimum Gasteiger partial charge on any atom is -0.370 e. The summed E-state index contributed by atoms with van der Waals surface area (Å²) in [6.07, 6.45) is 5.49. The Kier molecular flexibility index (Phi) is 4.74. The quantitative estimate of drug-likeness (QED) is 0.630. The van der Waals surface area contributed by atoms with Crippen molar-refractivity contribution in [1.82, 2.24) is 19.9 Å². The second-order valence-corrected chi connectivity index (χ2v) is 5.04. The number of anilines is 1. The number of imidazole rings is 1. The average Bonchev–Trinajstić information content (AvgIpc) is 2.87. The summed E-state index contributed by atoms with van der Waals surface area (Å²) in [6, 6.07) is 1.75. The van der Waals surface area contributed by atoms with Crippen LogP contribution in [-0.2, 0) is 6.42 Å². The van der Waals surface area contributed by atoms with Crippen LogP contribution in [0, 0.1) is 0 Å². The molecular formula is C13H18ClN5. The van der Waals surface area contributed by atoms with E-state index in [4.69, 9.17) is 11.6 Å². The van der Waals surface area contributed by atoms with Gasteiger partial charge in [-0.25, -0.2) is 15.0 Å². The van der Waals surface area contributed by atoms with Crippen LogP contribution in [0.3, 0.4) is 0 Å². The van der Waals surface area contributed by atoms with Gasteiger partial charge in [-0.15, -0.1) is 0 Å². The Labute approximate surface area is 117 Å². The van der Waals surface area contributed by atoms with Crippen LogP contribution in [0.25, 0.3) is 0 Å². The fraction of sp³-hybridized carbons (Fsp3) is 0.462. The summed E-state index contributed by atoms with van der Waals surface area (Å²) >= 11 is 5.98. The minimum absolute atomic E-state index is 0.266. The Morgan fingerprint density at radius 1 is 1.37 bits per heavy atom. The number of aromatic nitrogens is 4. The number of rotatable bonds is 6. The molecule has 5 nitrogen and oxygen atoms in total. The van der Waals surface area contributed by atoms with E-state index in [9.17, 15) is 0 Å². The van der Waals surface area contributed by atoms with Crippen LogP contribution in [-0.4, -0.2) is 26.5 Å².